The standard InChI is InChI=1S/C15H22BrN3O2/c1-15(2,21)10-18-5-7-19(8-6-18)14(20)11-3-4-13(17)12(16)9-11/h3-4,9,21H,5-8,10,17H2,1-2H3. The van der Waals surface area contributed by atoms with Gasteiger partial charge in [-0.15, -0.1) is 0 Å². The molecule has 1 fully saturated rings. The summed E-state index contributed by atoms with van der Waals surface area (Å²) in [7, 11) is 0. The lowest BCUT2D eigenvalue weighted by molar-refractivity contribution is 0.0178. The van der Waals surface area contributed by atoms with Crippen LogP contribution in [0.25, 0.3) is 0 Å². The summed E-state index contributed by atoms with van der Waals surface area (Å²) in [5, 5.41) is 9.84. The molecule has 6 heteroatoms. The third kappa shape index (κ3) is 4.43. The van der Waals surface area contributed by atoms with Crippen molar-refractivity contribution in [2.24, 2.45) is 0 Å². The van der Waals surface area contributed by atoms with Gasteiger partial charge in [-0.2, -0.15) is 0 Å². The lowest BCUT2D eigenvalue weighted by Gasteiger charge is -2.37. The lowest BCUT2D eigenvalue weighted by atomic mass is 10.1. The molecule has 0 radical (unpaired) electrons. The van der Waals surface area contributed by atoms with Crippen LogP contribution in [-0.2, 0) is 0 Å². The number of rotatable bonds is 3. The van der Waals surface area contributed by atoms with E-state index < -0.39 is 5.60 Å². The van der Waals surface area contributed by atoms with Gasteiger partial charge in [-0.3, -0.25) is 9.69 Å². The van der Waals surface area contributed by atoms with Crippen LogP contribution in [0.1, 0.15) is 24.2 Å². The number of nitrogens with zero attached hydrogens (tertiary/aromatic N) is 2. The lowest BCUT2D eigenvalue weighted by Crippen LogP contribution is -2.52. The predicted molar refractivity (Wildman–Crippen MR) is 87.2 cm³/mol. The molecule has 0 aromatic heterocycles. The van der Waals surface area contributed by atoms with Gasteiger partial charge in [0.2, 0.25) is 0 Å². The Morgan fingerprint density at radius 1 is 1.33 bits per heavy atom. The summed E-state index contributed by atoms with van der Waals surface area (Å²) < 4.78 is 0.744. The molecule has 1 aliphatic rings. The van der Waals surface area contributed by atoms with Crippen LogP contribution in [-0.4, -0.2) is 59.1 Å². The van der Waals surface area contributed by atoms with Crippen LogP contribution in [0.15, 0.2) is 22.7 Å². The Kier molecular flexibility index (Phi) is 4.91. The van der Waals surface area contributed by atoms with Gasteiger partial charge in [-0.1, -0.05) is 0 Å². The largest absolute Gasteiger partial charge is 0.398 e. The second-order valence-corrected chi connectivity index (χ2v) is 6.97. The average Bonchev–Trinajstić information content (AvgIpc) is 2.40. The summed E-state index contributed by atoms with van der Waals surface area (Å²) in [5.41, 5.74) is 6.31. The number of carbonyl (C=O) groups excluding carboxylic acids is 1. The highest BCUT2D eigenvalue weighted by Crippen LogP contribution is 2.21. The third-order valence-electron chi connectivity index (χ3n) is 3.52. The van der Waals surface area contributed by atoms with E-state index in [0.717, 1.165) is 17.6 Å². The number of nitrogen functional groups attached to an aromatic ring is 1. The summed E-state index contributed by atoms with van der Waals surface area (Å²) >= 11 is 3.35. The van der Waals surface area contributed by atoms with Crippen molar-refractivity contribution >= 4 is 27.5 Å². The zero-order valence-electron chi connectivity index (χ0n) is 12.5. The van der Waals surface area contributed by atoms with Crippen LogP contribution in [0, 0.1) is 0 Å². The van der Waals surface area contributed by atoms with E-state index in [1.807, 2.05) is 4.90 Å². The first-order valence-electron chi connectivity index (χ1n) is 7.05. The van der Waals surface area contributed by atoms with Crippen molar-refractivity contribution in [1.29, 1.82) is 0 Å². The fraction of sp³-hybridized carbons (Fsp3) is 0.533. The number of β-amino-alcohol motifs (C(OH)–C–C–N with tert-alkyl or cyclic N) is 1. The molecule has 1 aromatic rings. The first-order valence-corrected chi connectivity index (χ1v) is 7.84. The van der Waals surface area contributed by atoms with E-state index in [1.54, 1.807) is 32.0 Å². The maximum absolute atomic E-state index is 12.5. The van der Waals surface area contributed by atoms with Gasteiger partial charge in [0.25, 0.3) is 5.91 Å². The van der Waals surface area contributed by atoms with E-state index in [9.17, 15) is 9.90 Å². The fourth-order valence-electron chi connectivity index (χ4n) is 2.50. The Morgan fingerprint density at radius 3 is 2.48 bits per heavy atom. The van der Waals surface area contributed by atoms with Crippen LogP contribution in [0.3, 0.4) is 0 Å². The van der Waals surface area contributed by atoms with E-state index in [4.69, 9.17) is 5.73 Å². The molecule has 3 N–H and O–H groups in total. The smallest absolute Gasteiger partial charge is 0.253 e. The number of anilines is 1. The maximum atomic E-state index is 12.5. The monoisotopic (exact) mass is 355 g/mol. The van der Waals surface area contributed by atoms with Gasteiger partial charge in [0.15, 0.2) is 0 Å². The topological polar surface area (TPSA) is 69.8 Å². The van der Waals surface area contributed by atoms with Gasteiger partial charge in [-0.25, -0.2) is 0 Å². The maximum Gasteiger partial charge on any atom is 0.253 e. The number of benzene rings is 1. The molecule has 1 heterocycles. The third-order valence-corrected chi connectivity index (χ3v) is 4.20. The zero-order chi connectivity index (χ0) is 15.6. The van der Waals surface area contributed by atoms with Gasteiger partial charge in [0.1, 0.15) is 0 Å². The number of nitrogens with two attached hydrogens (primary N) is 1. The van der Waals surface area contributed by atoms with Crippen LogP contribution in [0.5, 0.6) is 0 Å². The molecule has 1 aliphatic heterocycles. The highest BCUT2D eigenvalue weighted by atomic mass is 79.9. The summed E-state index contributed by atoms with van der Waals surface area (Å²) in [6.07, 6.45) is 0. The second kappa shape index (κ2) is 6.34. The number of carbonyl (C=O) groups is 1. The van der Waals surface area contributed by atoms with E-state index in [-0.39, 0.29) is 5.91 Å². The van der Waals surface area contributed by atoms with Gasteiger partial charge in [0.05, 0.1) is 5.60 Å². The molecular formula is C15H22BrN3O2. The van der Waals surface area contributed by atoms with Gasteiger partial charge >= 0.3 is 0 Å². The first-order chi connectivity index (χ1) is 9.76. The highest BCUT2D eigenvalue weighted by Gasteiger charge is 2.25. The molecule has 0 aliphatic carbocycles. The molecule has 116 valence electrons. The van der Waals surface area contributed by atoms with Gasteiger partial charge in [0, 0.05) is 48.4 Å². The number of hydrogen-bond donors (Lipinski definition) is 2. The van der Waals surface area contributed by atoms with E-state index in [1.165, 1.54) is 0 Å². The predicted octanol–water partition coefficient (Wildman–Crippen LogP) is 1.56. The van der Waals surface area contributed by atoms with Crippen molar-refractivity contribution in [3.63, 3.8) is 0 Å². The average molecular weight is 356 g/mol. The molecule has 0 bridgehead atoms. The minimum atomic E-state index is -0.700. The second-order valence-electron chi connectivity index (χ2n) is 6.12. The number of amides is 1. The van der Waals surface area contributed by atoms with Crippen LogP contribution >= 0.6 is 15.9 Å². The molecule has 0 unspecified atom stereocenters. The fourth-order valence-corrected chi connectivity index (χ4v) is 2.88. The number of aliphatic hydroxyl groups is 1. The van der Waals surface area contributed by atoms with Crippen molar-refractivity contribution in [1.82, 2.24) is 9.80 Å². The van der Waals surface area contributed by atoms with Gasteiger partial charge < -0.3 is 15.7 Å². The van der Waals surface area contributed by atoms with Crippen LogP contribution < -0.4 is 5.73 Å². The zero-order valence-corrected chi connectivity index (χ0v) is 14.1. The van der Waals surface area contributed by atoms with Gasteiger partial charge in [-0.05, 0) is 48.0 Å². The first kappa shape index (κ1) is 16.3. The Bertz CT molecular complexity index is 520. The molecule has 21 heavy (non-hydrogen) atoms. The number of hydrogen-bond acceptors (Lipinski definition) is 4. The Hall–Kier alpha value is -1.11. The molecule has 0 saturated carbocycles. The van der Waals surface area contributed by atoms with Crippen LogP contribution in [0.4, 0.5) is 5.69 Å². The van der Waals surface area contributed by atoms with Crippen molar-refractivity contribution in [2.45, 2.75) is 19.4 Å². The van der Waals surface area contributed by atoms with Crippen molar-refractivity contribution in [3.8, 4) is 0 Å². The minimum Gasteiger partial charge on any atom is -0.398 e. The van der Waals surface area contributed by atoms with E-state index >= 15 is 0 Å². The minimum absolute atomic E-state index is 0.0265. The molecule has 2 rings (SSSR count). The summed E-state index contributed by atoms with van der Waals surface area (Å²) in [4.78, 5) is 16.5. The normalized spacial score (nSPS) is 17.0. The number of piperazine rings is 1. The Morgan fingerprint density at radius 2 is 1.95 bits per heavy atom. The van der Waals surface area contributed by atoms with Crippen molar-refractivity contribution in [2.75, 3.05) is 38.5 Å². The highest BCUT2D eigenvalue weighted by molar-refractivity contribution is 9.10. The molecule has 1 aromatic carbocycles. The molecule has 1 saturated heterocycles. The van der Waals surface area contributed by atoms with Crippen molar-refractivity contribution < 1.29 is 9.90 Å². The quantitative estimate of drug-likeness (QED) is 0.807. The summed E-state index contributed by atoms with van der Waals surface area (Å²) in [5.74, 6) is 0.0265. The van der Waals surface area contributed by atoms with Crippen LogP contribution in [0.2, 0.25) is 0 Å². The summed E-state index contributed by atoms with van der Waals surface area (Å²) in [6.45, 7) is 7.15. The molecule has 0 spiro atoms. The summed E-state index contributed by atoms with van der Waals surface area (Å²) in [6, 6.07) is 5.26. The number of halogens is 1. The van der Waals surface area contributed by atoms with Crippen molar-refractivity contribution in [3.05, 3.63) is 28.2 Å². The molecule has 0 atom stereocenters. The SMILES string of the molecule is CC(C)(O)CN1CCN(C(=O)c2ccc(N)c(Br)c2)CC1. The van der Waals surface area contributed by atoms with E-state index in [2.05, 4.69) is 20.8 Å². The molecular weight excluding hydrogens is 334 g/mol. The molecule has 5 nitrogen and oxygen atoms in total. The van der Waals surface area contributed by atoms with E-state index in [0.29, 0.717) is 30.9 Å². The Labute approximate surface area is 133 Å². The Balaban J connectivity index is 1.95. The molecule has 1 amide bonds.